The van der Waals surface area contributed by atoms with E-state index in [-0.39, 0.29) is 28.7 Å². The lowest BCUT2D eigenvalue weighted by Gasteiger charge is -2.34. The van der Waals surface area contributed by atoms with E-state index in [0.717, 1.165) is 36.2 Å². The third kappa shape index (κ3) is 6.11. The van der Waals surface area contributed by atoms with Crippen molar-refractivity contribution in [1.29, 1.82) is 0 Å². The summed E-state index contributed by atoms with van der Waals surface area (Å²) in [5.41, 5.74) is 1.49. The van der Waals surface area contributed by atoms with Crippen molar-refractivity contribution < 1.29 is 17.9 Å². The van der Waals surface area contributed by atoms with Crippen LogP contribution in [-0.2, 0) is 9.84 Å². The average Bonchev–Trinajstić information content (AvgIpc) is 3.33. The number of nitrogens with zero attached hydrogens (tertiary/aromatic N) is 3. The fraction of sp³-hybridized carbons (Fsp3) is 0.417. The Hall–Kier alpha value is -2.27. The fourth-order valence-electron chi connectivity index (χ4n) is 4.42. The topological polar surface area (TPSA) is 91.3 Å². The third-order valence-electron chi connectivity index (χ3n) is 6.35. The van der Waals surface area contributed by atoms with Crippen molar-refractivity contribution in [3.05, 3.63) is 59.1 Å². The smallest absolute Gasteiger partial charge is 0.253 e. The van der Waals surface area contributed by atoms with Crippen molar-refractivity contribution in [3.63, 3.8) is 0 Å². The predicted octanol–water partition coefficient (Wildman–Crippen LogP) is 2.86. The number of anilines is 1. The number of fused-ring (bicyclic) bond motifs is 1. The number of amides is 1. The van der Waals surface area contributed by atoms with Gasteiger partial charge in [0, 0.05) is 54.2 Å². The van der Waals surface area contributed by atoms with Crippen molar-refractivity contribution in [1.82, 2.24) is 9.80 Å². The van der Waals surface area contributed by atoms with Gasteiger partial charge in [0.2, 0.25) is 0 Å². The summed E-state index contributed by atoms with van der Waals surface area (Å²) in [4.78, 5) is 21.7. The van der Waals surface area contributed by atoms with Crippen LogP contribution in [-0.4, -0.2) is 91.4 Å². The molecule has 2 fully saturated rings. The van der Waals surface area contributed by atoms with Crippen LogP contribution in [0, 0.1) is 0 Å². The van der Waals surface area contributed by atoms with E-state index < -0.39 is 9.84 Å². The lowest BCUT2D eigenvalue weighted by atomic mass is 10.1. The molecule has 0 radical (unpaired) electrons. The number of amidine groups is 1. The number of carbonyl (C=O) groups is 1. The number of nitrogens with one attached hydrogen (secondary N) is 1. The summed E-state index contributed by atoms with van der Waals surface area (Å²) < 4.78 is 29.2. The zero-order valence-electron chi connectivity index (χ0n) is 19.1. The summed E-state index contributed by atoms with van der Waals surface area (Å²) in [7, 11) is -2.96. The molecule has 0 unspecified atom stereocenters. The van der Waals surface area contributed by atoms with E-state index >= 15 is 0 Å². The third-order valence-corrected chi connectivity index (χ3v) is 9.74. The predicted molar refractivity (Wildman–Crippen MR) is 141 cm³/mol. The number of halogens is 1. The van der Waals surface area contributed by atoms with Crippen LogP contribution < -0.4 is 10.1 Å². The summed E-state index contributed by atoms with van der Waals surface area (Å²) in [5.74, 6) is 1.15. The minimum Gasteiger partial charge on any atom is -0.492 e. The highest BCUT2D eigenvalue weighted by atomic mass is 35.5. The molecule has 3 aliphatic rings. The van der Waals surface area contributed by atoms with E-state index in [9.17, 15) is 13.2 Å². The van der Waals surface area contributed by atoms with Gasteiger partial charge in [-0.05, 0) is 48.5 Å². The lowest BCUT2D eigenvalue weighted by Crippen LogP contribution is -2.49. The number of hydrogen-bond acceptors (Lipinski definition) is 8. The molecule has 2 aromatic carbocycles. The molecular weight excluding hydrogens is 508 g/mol. The van der Waals surface area contributed by atoms with E-state index in [1.165, 1.54) is 11.8 Å². The average molecular weight is 535 g/mol. The molecule has 0 spiro atoms. The Morgan fingerprint density at radius 1 is 1.06 bits per heavy atom. The Labute approximate surface area is 214 Å². The number of piperazine rings is 1. The minimum atomic E-state index is -2.96. The zero-order chi connectivity index (χ0) is 24.4. The molecule has 0 aliphatic carbocycles. The van der Waals surface area contributed by atoms with Crippen LogP contribution in [0.5, 0.6) is 5.75 Å². The van der Waals surface area contributed by atoms with Crippen LogP contribution in [0.1, 0.15) is 10.4 Å². The van der Waals surface area contributed by atoms with Gasteiger partial charge in [0.1, 0.15) is 12.4 Å². The monoisotopic (exact) mass is 534 g/mol. The Morgan fingerprint density at radius 2 is 1.77 bits per heavy atom. The molecule has 2 saturated heterocycles. The van der Waals surface area contributed by atoms with Gasteiger partial charge in [-0.25, -0.2) is 8.42 Å². The van der Waals surface area contributed by atoms with Gasteiger partial charge >= 0.3 is 0 Å². The van der Waals surface area contributed by atoms with Gasteiger partial charge in [0.25, 0.3) is 5.91 Å². The van der Waals surface area contributed by atoms with Crippen LogP contribution in [0.15, 0.2) is 53.5 Å². The number of thioether (sulfide) groups is 1. The first kappa shape index (κ1) is 24.4. The molecule has 11 heteroatoms. The molecule has 186 valence electrons. The second-order valence-electron chi connectivity index (χ2n) is 8.87. The maximum Gasteiger partial charge on any atom is 0.253 e. The molecule has 2 aromatic rings. The van der Waals surface area contributed by atoms with E-state index in [4.69, 9.17) is 16.3 Å². The lowest BCUT2D eigenvalue weighted by molar-refractivity contribution is 0.0620. The standard InChI is InChI=1S/C24H27ClN4O4S2/c25-18-3-7-20(8-4-18)33-14-13-28-9-11-29(12-10-28)23(30)17-1-5-19(6-2-17)26-24-27-21-15-35(31,32)16-22(21)34-24/h1-8,21-22H,9-16H2,(H,26,27)/t21-,22+/m1/s1. The van der Waals surface area contributed by atoms with Crippen molar-refractivity contribution in [2.24, 2.45) is 4.99 Å². The van der Waals surface area contributed by atoms with Crippen LogP contribution >= 0.6 is 23.4 Å². The Balaban J connectivity index is 1.06. The number of rotatable bonds is 6. The van der Waals surface area contributed by atoms with Gasteiger partial charge in [-0.3, -0.25) is 14.7 Å². The number of ether oxygens (including phenoxy) is 1. The zero-order valence-corrected chi connectivity index (χ0v) is 21.5. The fourth-order valence-corrected chi connectivity index (χ4v) is 8.22. The van der Waals surface area contributed by atoms with Crippen LogP contribution in [0.25, 0.3) is 0 Å². The summed E-state index contributed by atoms with van der Waals surface area (Å²) >= 11 is 7.38. The molecular formula is C24H27ClN4O4S2. The Morgan fingerprint density at radius 3 is 2.46 bits per heavy atom. The Bertz CT molecular complexity index is 1200. The van der Waals surface area contributed by atoms with Gasteiger partial charge in [-0.2, -0.15) is 0 Å². The van der Waals surface area contributed by atoms with Crippen LogP contribution in [0.2, 0.25) is 5.02 Å². The second-order valence-corrected chi connectivity index (χ2v) is 12.7. The number of carbonyl (C=O) groups excluding carboxylic acids is 1. The van der Waals surface area contributed by atoms with Crippen LogP contribution in [0.3, 0.4) is 0 Å². The summed E-state index contributed by atoms with van der Waals surface area (Å²) in [5, 5.41) is 4.68. The largest absolute Gasteiger partial charge is 0.492 e. The molecule has 1 amide bonds. The van der Waals surface area contributed by atoms with Gasteiger partial charge in [-0.15, -0.1) is 0 Å². The minimum absolute atomic E-state index is 0.00557. The highest BCUT2D eigenvalue weighted by molar-refractivity contribution is 8.15. The quantitative estimate of drug-likeness (QED) is 0.609. The molecule has 5 rings (SSSR count). The van der Waals surface area contributed by atoms with Crippen molar-refractivity contribution >= 4 is 50.0 Å². The van der Waals surface area contributed by atoms with E-state index in [1.807, 2.05) is 53.4 Å². The maximum absolute atomic E-state index is 12.9. The molecule has 1 N–H and O–H groups in total. The SMILES string of the molecule is O=C(c1ccc(NC2=N[C@@H]3CS(=O)(=O)C[C@@H]3S2)cc1)N1CCN(CCOc2ccc(Cl)cc2)CC1. The molecule has 3 aliphatic heterocycles. The summed E-state index contributed by atoms with van der Waals surface area (Å²) in [6.45, 7) is 4.37. The summed E-state index contributed by atoms with van der Waals surface area (Å²) in [6, 6.07) is 14.6. The first-order valence-corrected chi connectivity index (χ1v) is 14.6. The highest BCUT2D eigenvalue weighted by Gasteiger charge is 2.42. The first-order chi connectivity index (χ1) is 16.8. The number of sulfone groups is 1. The first-order valence-electron chi connectivity index (χ1n) is 11.6. The van der Waals surface area contributed by atoms with E-state index in [2.05, 4.69) is 15.2 Å². The second kappa shape index (κ2) is 10.4. The van der Waals surface area contributed by atoms with Crippen molar-refractivity contribution in [3.8, 4) is 5.75 Å². The molecule has 0 aromatic heterocycles. The van der Waals surface area contributed by atoms with Gasteiger partial charge in [0.15, 0.2) is 15.0 Å². The van der Waals surface area contributed by atoms with Gasteiger partial charge < -0.3 is 15.0 Å². The number of aliphatic imine (C=N–C) groups is 1. The van der Waals surface area contributed by atoms with E-state index in [0.29, 0.717) is 30.3 Å². The van der Waals surface area contributed by atoms with Gasteiger partial charge in [0.05, 0.1) is 17.5 Å². The Kier molecular flexibility index (Phi) is 7.24. The van der Waals surface area contributed by atoms with E-state index in [1.54, 1.807) is 0 Å². The molecule has 0 bridgehead atoms. The molecule has 8 nitrogen and oxygen atoms in total. The molecule has 35 heavy (non-hydrogen) atoms. The normalized spacial score (nSPS) is 23.6. The number of hydrogen-bond donors (Lipinski definition) is 1. The van der Waals surface area contributed by atoms with Crippen molar-refractivity contribution in [2.75, 3.05) is 56.2 Å². The summed E-state index contributed by atoms with van der Waals surface area (Å²) in [6.07, 6.45) is 0. The maximum atomic E-state index is 12.9. The molecule has 3 heterocycles. The molecule has 0 saturated carbocycles. The van der Waals surface area contributed by atoms with Crippen molar-refractivity contribution in [2.45, 2.75) is 11.3 Å². The number of benzene rings is 2. The van der Waals surface area contributed by atoms with Gasteiger partial charge in [-0.1, -0.05) is 23.4 Å². The van der Waals surface area contributed by atoms with Crippen LogP contribution in [0.4, 0.5) is 5.69 Å². The molecule has 2 atom stereocenters. The highest BCUT2D eigenvalue weighted by Crippen LogP contribution is 2.34.